The summed E-state index contributed by atoms with van der Waals surface area (Å²) in [5.74, 6) is -2.20. The quantitative estimate of drug-likeness (QED) is 0.889. The van der Waals surface area contributed by atoms with Crippen molar-refractivity contribution in [1.29, 1.82) is 0 Å². The predicted molar refractivity (Wildman–Crippen MR) is 74.0 cm³/mol. The lowest BCUT2D eigenvalue weighted by Crippen LogP contribution is -2.38. The fourth-order valence-corrected chi connectivity index (χ4v) is 2.59. The molecular weight excluding hydrogens is 315 g/mol. The molecule has 0 radical (unpaired) electrons. The van der Waals surface area contributed by atoms with E-state index in [0.29, 0.717) is 25.7 Å². The average Bonchev–Trinajstić information content (AvgIpc) is 2.46. The zero-order valence-corrected chi connectivity index (χ0v) is 12.1. The molecule has 0 aromatic heterocycles. The molecule has 23 heavy (non-hydrogen) atoms. The number of carboxylic acid groups (broad SMARTS) is 1. The Morgan fingerprint density at radius 3 is 2.39 bits per heavy atom. The van der Waals surface area contributed by atoms with Crippen molar-refractivity contribution in [3.05, 3.63) is 29.8 Å². The standard InChI is InChI=1S/C15H16F3NO4/c16-15(17,18)23-12-3-1-2-10(8-12)13(20)19-11-6-4-9(5-7-11)14(21)22/h1-3,8-9,11H,4-7H2,(H,19,20)(H,21,22). The van der Waals surface area contributed by atoms with E-state index in [1.165, 1.54) is 12.1 Å². The zero-order valence-electron chi connectivity index (χ0n) is 12.1. The third kappa shape index (κ3) is 5.15. The van der Waals surface area contributed by atoms with E-state index < -0.39 is 29.9 Å². The molecular formula is C15H16F3NO4. The van der Waals surface area contributed by atoms with E-state index in [1.807, 2.05) is 0 Å². The monoisotopic (exact) mass is 331 g/mol. The number of nitrogens with one attached hydrogen (secondary N) is 1. The van der Waals surface area contributed by atoms with Gasteiger partial charge in [0.25, 0.3) is 5.91 Å². The molecule has 0 unspecified atom stereocenters. The molecule has 1 saturated carbocycles. The van der Waals surface area contributed by atoms with Crippen LogP contribution in [0.15, 0.2) is 24.3 Å². The molecule has 1 aromatic rings. The van der Waals surface area contributed by atoms with E-state index in [4.69, 9.17) is 5.11 Å². The number of aliphatic carboxylic acids is 1. The molecule has 0 spiro atoms. The van der Waals surface area contributed by atoms with Crippen LogP contribution in [0.4, 0.5) is 13.2 Å². The number of alkyl halides is 3. The molecule has 1 aromatic carbocycles. The van der Waals surface area contributed by atoms with Gasteiger partial charge in [-0.15, -0.1) is 13.2 Å². The van der Waals surface area contributed by atoms with Gasteiger partial charge in [-0.05, 0) is 43.9 Å². The third-order valence-electron chi connectivity index (χ3n) is 3.74. The second-order valence-corrected chi connectivity index (χ2v) is 5.44. The average molecular weight is 331 g/mol. The Morgan fingerprint density at radius 1 is 1.17 bits per heavy atom. The number of amides is 1. The second kappa shape index (κ2) is 6.89. The van der Waals surface area contributed by atoms with Crippen molar-refractivity contribution in [2.24, 2.45) is 5.92 Å². The highest BCUT2D eigenvalue weighted by molar-refractivity contribution is 5.94. The van der Waals surface area contributed by atoms with Crippen molar-refractivity contribution in [3.8, 4) is 5.75 Å². The first-order chi connectivity index (χ1) is 10.7. The summed E-state index contributed by atoms with van der Waals surface area (Å²) in [5, 5.41) is 11.6. The smallest absolute Gasteiger partial charge is 0.481 e. The van der Waals surface area contributed by atoms with E-state index in [9.17, 15) is 22.8 Å². The summed E-state index contributed by atoms with van der Waals surface area (Å²) < 4.78 is 40.3. The van der Waals surface area contributed by atoms with Gasteiger partial charge in [0.15, 0.2) is 0 Å². The molecule has 2 N–H and O–H groups in total. The summed E-state index contributed by atoms with van der Waals surface area (Å²) >= 11 is 0. The lowest BCUT2D eigenvalue weighted by molar-refractivity contribution is -0.274. The minimum atomic E-state index is -4.82. The Hall–Kier alpha value is -2.25. The molecule has 1 aliphatic carbocycles. The number of carbonyl (C=O) groups is 2. The van der Waals surface area contributed by atoms with E-state index in [-0.39, 0.29) is 11.6 Å². The minimum Gasteiger partial charge on any atom is -0.481 e. The number of carbonyl (C=O) groups excluding carboxylic acids is 1. The van der Waals surface area contributed by atoms with Crippen molar-refractivity contribution >= 4 is 11.9 Å². The zero-order chi connectivity index (χ0) is 17.0. The molecule has 1 fully saturated rings. The number of carboxylic acids is 1. The fourth-order valence-electron chi connectivity index (χ4n) is 2.59. The minimum absolute atomic E-state index is 0.0621. The predicted octanol–water partition coefficient (Wildman–Crippen LogP) is 2.96. The highest BCUT2D eigenvalue weighted by atomic mass is 19.4. The number of hydrogen-bond donors (Lipinski definition) is 2. The first-order valence-electron chi connectivity index (χ1n) is 7.14. The van der Waals surface area contributed by atoms with Gasteiger partial charge in [0.1, 0.15) is 5.75 Å². The van der Waals surface area contributed by atoms with Gasteiger partial charge >= 0.3 is 12.3 Å². The van der Waals surface area contributed by atoms with Crippen molar-refractivity contribution < 1.29 is 32.6 Å². The Kier molecular flexibility index (Phi) is 5.12. The van der Waals surface area contributed by atoms with Gasteiger partial charge in [-0.2, -0.15) is 0 Å². The normalized spacial score (nSPS) is 21.5. The largest absolute Gasteiger partial charge is 0.573 e. The topological polar surface area (TPSA) is 75.6 Å². The molecule has 1 aliphatic rings. The van der Waals surface area contributed by atoms with Crippen LogP contribution in [0.2, 0.25) is 0 Å². The molecule has 8 heteroatoms. The molecule has 5 nitrogen and oxygen atoms in total. The molecule has 2 rings (SSSR count). The molecule has 0 aliphatic heterocycles. The maximum atomic E-state index is 12.2. The van der Waals surface area contributed by atoms with Gasteiger partial charge in [0.2, 0.25) is 0 Å². The van der Waals surface area contributed by atoms with Gasteiger partial charge in [-0.3, -0.25) is 9.59 Å². The SMILES string of the molecule is O=C(NC1CCC(C(=O)O)CC1)c1cccc(OC(F)(F)F)c1. The Balaban J connectivity index is 1.94. The summed E-state index contributed by atoms with van der Waals surface area (Å²) in [6.45, 7) is 0. The van der Waals surface area contributed by atoms with Crippen molar-refractivity contribution in [2.45, 2.75) is 38.1 Å². The lowest BCUT2D eigenvalue weighted by Gasteiger charge is -2.26. The van der Waals surface area contributed by atoms with E-state index in [1.54, 1.807) is 0 Å². The Bertz CT molecular complexity index is 580. The summed E-state index contributed by atoms with van der Waals surface area (Å²) in [6.07, 6.45) is -2.82. The summed E-state index contributed by atoms with van der Waals surface area (Å²) in [5.41, 5.74) is 0.0621. The molecule has 0 saturated heterocycles. The fraction of sp³-hybridized carbons (Fsp3) is 0.467. The summed E-state index contributed by atoms with van der Waals surface area (Å²) in [6, 6.07) is 4.65. The van der Waals surface area contributed by atoms with Crippen LogP contribution in [0.1, 0.15) is 36.0 Å². The molecule has 0 bridgehead atoms. The maximum Gasteiger partial charge on any atom is 0.573 e. The Morgan fingerprint density at radius 2 is 1.83 bits per heavy atom. The van der Waals surface area contributed by atoms with Crippen molar-refractivity contribution in [3.63, 3.8) is 0 Å². The van der Waals surface area contributed by atoms with Crippen LogP contribution in [0.3, 0.4) is 0 Å². The van der Waals surface area contributed by atoms with Crippen LogP contribution in [0.5, 0.6) is 5.75 Å². The van der Waals surface area contributed by atoms with E-state index in [0.717, 1.165) is 12.1 Å². The van der Waals surface area contributed by atoms with Crippen molar-refractivity contribution in [2.75, 3.05) is 0 Å². The highest BCUT2D eigenvalue weighted by Gasteiger charge is 2.31. The number of ether oxygens (including phenoxy) is 1. The molecule has 0 heterocycles. The number of hydrogen-bond acceptors (Lipinski definition) is 3. The molecule has 0 atom stereocenters. The van der Waals surface area contributed by atoms with Gasteiger partial charge in [0.05, 0.1) is 5.92 Å². The number of rotatable bonds is 4. The number of benzene rings is 1. The first-order valence-corrected chi connectivity index (χ1v) is 7.14. The van der Waals surface area contributed by atoms with Crippen LogP contribution >= 0.6 is 0 Å². The van der Waals surface area contributed by atoms with E-state index >= 15 is 0 Å². The molecule has 126 valence electrons. The van der Waals surface area contributed by atoms with Crippen LogP contribution in [-0.4, -0.2) is 29.4 Å². The van der Waals surface area contributed by atoms with Gasteiger partial charge in [-0.25, -0.2) is 0 Å². The summed E-state index contributed by atoms with van der Waals surface area (Å²) in [7, 11) is 0. The van der Waals surface area contributed by atoms with Crippen LogP contribution in [0, 0.1) is 5.92 Å². The highest BCUT2D eigenvalue weighted by Crippen LogP contribution is 2.26. The van der Waals surface area contributed by atoms with E-state index in [2.05, 4.69) is 10.1 Å². The number of halogens is 3. The van der Waals surface area contributed by atoms with Crippen molar-refractivity contribution in [1.82, 2.24) is 5.32 Å². The summed E-state index contributed by atoms with van der Waals surface area (Å²) in [4.78, 5) is 22.9. The van der Waals surface area contributed by atoms with Gasteiger partial charge in [-0.1, -0.05) is 6.07 Å². The first kappa shape index (κ1) is 17.1. The van der Waals surface area contributed by atoms with Crippen LogP contribution in [0.25, 0.3) is 0 Å². The van der Waals surface area contributed by atoms with Crippen LogP contribution < -0.4 is 10.1 Å². The van der Waals surface area contributed by atoms with Gasteiger partial charge in [0, 0.05) is 11.6 Å². The van der Waals surface area contributed by atoms with Gasteiger partial charge < -0.3 is 15.2 Å². The lowest BCUT2D eigenvalue weighted by atomic mass is 9.86. The van der Waals surface area contributed by atoms with Crippen LogP contribution in [-0.2, 0) is 4.79 Å². The maximum absolute atomic E-state index is 12.2. The molecule has 1 amide bonds. The Labute approximate surface area is 130 Å². The second-order valence-electron chi connectivity index (χ2n) is 5.44. The third-order valence-corrected chi connectivity index (χ3v) is 3.74.